The zero-order valence-corrected chi connectivity index (χ0v) is 13.6. The molecule has 3 rings (SSSR count). The number of rotatable bonds is 4. The normalized spacial score (nSPS) is 10.8. The molecule has 1 aromatic heterocycles. The Morgan fingerprint density at radius 1 is 1.08 bits per heavy atom. The summed E-state index contributed by atoms with van der Waals surface area (Å²) in [6, 6.07) is 17.8. The van der Waals surface area contributed by atoms with Crippen LogP contribution in [0, 0.1) is 11.3 Å². The molecule has 0 fully saturated rings. The van der Waals surface area contributed by atoms with Crippen molar-refractivity contribution in [2.75, 3.05) is 6.26 Å². The summed E-state index contributed by atoms with van der Waals surface area (Å²) in [7, 11) is 0. The number of hydrogen-bond acceptors (Lipinski definition) is 3. The summed E-state index contributed by atoms with van der Waals surface area (Å²) in [5.74, 6) is 0. The number of nitrogens with zero attached hydrogens (tertiary/aromatic N) is 3. The molecule has 0 saturated carbocycles. The van der Waals surface area contributed by atoms with Crippen LogP contribution in [-0.2, 0) is 0 Å². The number of halogens is 2. The van der Waals surface area contributed by atoms with E-state index in [1.165, 1.54) is 10.7 Å². The summed E-state index contributed by atoms with van der Waals surface area (Å²) in [4.78, 5) is 1.09. The molecule has 0 aliphatic heterocycles. The molecule has 0 radical (unpaired) electrons. The van der Waals surface area contributed by atoms with Gasteiger partial charge in [-0.3, -0.25) is 0 Å². The first kappa shape index (κ1) is 16.2. The van der Waals surface area contributed by atoms with Crippen molar-refractivity contribution < 1.29 is 8.78 Å². The van der Waals surface area contributed by atoms with Gasteiger partial charge in [-0.2, -0.15) is 10.4 Å². The fraction of sp³-hybridized carbons (Fsp3) is 0.111. The summed E-state index contributed by atoms with van der Waals surface area (Å²) in [6.07, 6.45) is -0.667. The van der Waals surface area contributed by atoms with Crippen LogP contribution in [0.15, 0.2) is 59.5 Å². The molecule has 6 heteroatoms. The Kier molecular flexibility index (Phi) is 4.63. The molecule has 3 aromatic rings. The van der Waals surface area contributed by atoms with Crippen molar-refractivity contribution >= 4 is 11.8 Å². The summed E-state index contributed by atoms with van der Waals surface area (Å²) < 4.78 is 27.7. The van der Waals surface area contributed by atoms with Gasteiger partial charge in [0.25, 0.3) is 6.43 Å². The fourth-order valence-electron chi connectivity index (χ4n) is 2.35. The van der Waals surface area contributed by atoms with Gasteiger partial charge in [0.2, 0.25) is 0 Å². The Morgan fingerprint density at radius 2 is 1.75 bits per heavy atom. The molecule has 24 heavy (non-hydrogen) atoms. The molecular weight excluding hydrogens is 328 g/mol. The smallest absolute Gasteiger partial charge is 0.233 e. The minimum atomic E-state index is -2.64. The molecule has 1 heterocycles. The van der Waals surface area contributed by atoms with Gasteiger partial charge in [0.15, 0.2) is 0 Å². The molecule has 0 aliphatic carbocycles. The number of aromatic nitrogens is 2. The monoisotopic (exact) mass is 341 g/mol. The second-order valence-corrected chi connectivity index (χ2v) is 5.93. The quantitative estimate of drug-likeness (QED) is 0.622. The lowest BCUT2D eigenvalue weighted by atomic mass is 10.1. The summed E-state index contributed by atoms with van der Waals surface area (Å²) in [6.45, 7) is 0. The molecule has 0 spiro atoms. The third-order valence-corrected chi connectivity index (χ3v) is 4.32. The van der Waals surface area contributed by atoms with Crippen molar-refractivity contribution in [3.05, 3.63) is 65.9 Å². The van der Waals surface area contributed by atoms with Gasteiger partial charge in [0.05, 0.1) is 23.0 Å². The predicted molar refractivity (Wildman–Crippen MR) is 90.5 cm³/mol. The van der Waals surface area contributed by atoms with Gasteiger partial charge in [0, 0.05) is 10.5 Å². The second-order valence-electron chi connectivity index (χ2n) is 5.05. The first-order chi connectivity index (χ1) is 11.6. The van der Waals surface area contributed by atoms with Crippen LogP contribution in [0.3, 0.4) is 0 Å². The molecule has 0 aliphatic rings. The maximum Gasteiger partial charge on any atom is 0.282 e. The molecule has 0 saturated heterocycles. The van der Waals surface area contributed by atoms with Gasteiger partial charge in [-0.1, -0.05) is 12.1 Å². The standard InChI is InChI=1S/C18H13F2N3S/c1-24-15-8-4-13(5-9-15)17-10-16(18(19)20)22-23(17)14-6-2-12(11-21)3-7-14/h2-10,18H,1H3. The Morgan fingerprint density at radius 3 is 2.29 bits per heavy atom. The first-order valence-corrected chi connectivity index (χ1v) is 8.38. The summed E-state index contributed by atoms with van der Waals surface area (Å²) in [5, 5.41) is 12.9. The largest absolute Gasteiger partial charge is 0.282 e. The molecule has 120 valence electrons. The van der Waals surface area contributed by atoms with Crippen LogP contribution in [0.25, 0.3) is 16.9 Å². The number of hydrogen-bond donors (Lipinski definition) is 0. The number of benzene rings is 2. The van der Waals surface area contributed by atoms with E-state index in [0.29, 0.717) is 16.9 Å². The maximum atomic E-state index is 13.1. The fourth-order valence-corrected chi connectivity index (χ4v) is 2.76. The van der Waals surface area contributed by atoms with Crippen molar-refractivity contribution in [2.45, 2.75) is 11.3 Å². The zero-order chi connectivity index (χ0) is 17.1. The average molecular weight is 341 g/mol. The number of nitriles is 1. The van der Waals surface area contributed by atoms with Gasteiger partial charge >= 0.3 is 0 Å². The van der Waals surface area contributed by atoms with E-state index in [4.69, 9.17) is 5.26 Å². The van der Waals surface area contributed by atoms with Crippen LogP contribution in [-0.4, -0.2) is 16.0 Å². The minimum Gasteiger partial charge on any atom is -0.233 e. The SMILES string of the molecule is CSc1ccc(-c2cc(C(F)F)nn2-c2ccc(C#N)cc2)cc1. The lowest BCUT2D eigenvalue weighted by molar-refractivity contribution is 0.145. The molecule has 0 amide bonds. The van der Waals surface area contributed by atoms with E-state index in [-0.39, 0.29) is 5.69 Å². The third-order valence-electron chi connectivity index (χ3n) is 3.58. The first-order valence-electron chi connectivity index (χ1n) is 7.15. The van der Waals surface area contributed by atoms with Crippen molar-refractivity contribution in [3.8, 4) is 23.0 Å². The number of alkyl halides is 2. The van der Waals surface area contributed by atoms with Gasteiger partial charge < -0.3 is 0 Å². The molecular formula is C18H13F2N3S. The van der Waals surface area contributed by atoms with E-state index in [0.717, 1.165) is 10.5 Å². The van der Waals surface area contributed by atoms with Crippen LogP contribution >= 0.6 is 11.8 Å². The van der Waals surface area contributed by atoms with Crippen molar-refractivity contribution in [2.24, 2.45) is 0 Å². The highest BCUT2D eigenvalue weighted by molar-refractivity contribution is 7.98. The highest BCUT2D eigenvalue weighted by atomic mass is 32.2. The van der Waals surface area contributed by atoms with E-state index in [1.807, 2.05) is 36.6 Å². The predicted octanol–water partition coefficient (Wildman–Crippen LogP) is 5.07. The van der Waals surface area contributed by atoms with Gasteiger partial charge in [-0.05, 0) is 48.7 Å². The average Bonchev–Trinajstić information content (AvgIpc) is 3.07. The summed E-state index contributed by atoms with van der Waals surface area (Å²) >= 11 is 1.61. The molecule has 0 bridgehead atoms. The highest BCUT2D eigenvalue weighted by Gasteiger charge is 2.17. The van der Waals surface area contributed by atoms with Crippen LogP contribution in [0.1, 0.15) is 17.7 Å². The van der Waals surface area contributed by atoms with Gasteiger partial charge in [-0.25, -0.2) is 13.5 Å². The van der Waals surface area contributed by atoms with Crippen molar-refractivity contribution in [1.82, 2.24) is 9.78 Å². The third kappa shape index (κ3) is 3.17. The molecule has 0 unspecified atom stereocenters. The second kappa shape index (κ2) is 6.85. The van der Waals surface area contributed by atoms with E-state index in [1.54, 1.807) is 36.0 Å². The Bertz CT molecular complexity index is 878. The zero-order valence-electron chi connectivity index (χ0n) is 12.8. The van der Waals surface area contributed by atoms with Crippen LogP contribution < -0.4 is 0 Å². The highest BCUT2D eigenvalue weighted by Crippen LogP contribution is 2.29. The molecule has 2 aromatic carbocycles. The van der Waals surface area contributed by atoms with Gasteiger partial charge in [0.1, 0.15) is 5.69 Å². The Labute approximate surface area is 142 Å². The van der Waals surface area contributed by atoms with E-state index >= 15 is 0 Å². The van der Waals surface area contributed by atoms with Gasteiger partial charge in [-0.15, -0.1) is 11.8 Å². The van der Waals surface area contributed by atoms with E-state index < -0.39 is 6.43 Å². The van der Waals surface area contributed by atoms with Crippen molar-refractivity contribution in [1.29, 1.82) is 5.26 Å². The maximum absolute atomic E-state index is 13.1. The topological polar surface area (TPSA) is 41.6 Å². The van der Waals surface area contributed by atoms with Crippen LogP contribution in [0.5, 0.6) is 0 Å². The van der Waals surface area contributed by atoms with Crippen LogP contribution in [0.2, 0.25) is 0 Å². The molecule has 0 atom stereocenters. The van der Waals surface area contributed by atoms with E-state index in [2.05, 4.69) is 5.10 Å². The Balaban J connectivity index is 2.11. The number of thioether (sulfide) groups is 1. The lowest BCUT2D eigenvalue weighted by Gasteiger charge is -2.08. The molecule has 0 N–H and O–H groups in total. The summed E-state index contributed by atoms with van der Waals surface area (Å²) in [5.41, 5.74) is 2.25. The van der Waals surface area contributed by atoms with Crippen molar-refractivity contribution in [3.63, 3.8) is 0 Å². The molecule has 3 nitrogen and oxygen atoms in total. The minimum absolute atomic E-state index is 0.275. The van der Waals surface area contributed by atoms with Crippen LogP contribution in [0.4, 0.5) is 8.78 Å². The Hall–Kier alpha value is -2.65. The lowest BCUT2D eigenvalue weighted by Crippen LogP contribution is -2.00. The van der Waals surface area contributed by atoms with E-state index in [9.17, 15) is 8.78 Å².